The van der Waals surface area contributed by atoms with Crippen LogP contribution in [0.1, 0.15) is 38.3 Å². The number of carbonyl (C=O) groups is 1. The zero-order chi connectivity index (χ0) is 18.0. The highest BCUT2D eigenvalue weighted by molar-refractivity contribution is 5.71. The number of piperidine rings is 1. The largest absolute Gasteiger partial charge is 0.481 e. The Morgan fingerprint density at radius 1 is 1.28 bits per heavy atom. The van der Waals surface area contributed by atoms with Crippen molar-refractivity contribution >= 4 is 11.8 Å². The molecule has 1 aliphatic rings. The average Bonchev–Trinajstić information content (AvgIpc) is 2.62. The molecule has 2 aromatic rings. The van der Waals surface area contributed by atoms with Gasteiger partial charge in [-0.2, -0.15) is 0 Å². The molecular formula is C19H22FN3O2. The van der Waals surface area contributed by atoms with E-state index in [0.29, 0.717) is 18.8 Å². The molecule has 0 saturated carbocycles. The Kier molecular flexibility index (Phi) is 4.97. The van der Waals surface area contributed by atoms with Gasteiger partial charge in [0.05, 0.1) is 5.92 Å². The smallest absolute Gasteiger partial charge is 0.308 e. The molecule has 0 spiro atoms. The van der Waals surface area contributed by atoms with Gasteiger partial charge in [-0.15, -0.1) is 0 Å². The molecular weight excluding hydrogens is 321 g/mol. The molecule has 2 heterocycles. The number of hydrogen-bond acceptors (Lipinski definition) is 4. The Morgan fingerprint density at radius 3 is 2.64 bits per heavy atom. The van der Waals surface area contributed by atoms with Gasteiger partial charge >= 0.3 is 5.97 Å². The summed E-state index contributed by atoms with van der Waals surface area (Å²) in [6.07, 6.45) is 1.52. The zero-order valence-electron chi connectivity index (χ0n) is 14.4. The van der Waals surface area contributed by atoms with Crippen molar-refractivity contribution in [3.63, 3.8) is 0 Å². The number of carboxylic acid groups (broad SMARTS) is 1. The molecule has 1 fully saturated rings. The van der Waals surface area contributed by atoms with Crippen molar-refractivity contribution in [3.05, 3.63) is 41.8 Å². The minimum absolute atomic E-state index is 0.209. The molecule has 3 rings (SSSR count). The first-order valence-corrected chi connectivity index (χ1v) is 8.56. The predicted octanol–water partition coefficient (Wildman–Crippen LogP) is 3.71. The second kappa shape index (κ2) is 7.17. The number of aromatic nitrogens is 2. The topological polar surface area (TPSA) is 66.3 Å². The standard InChI is InChI=1S/C19H22FN3O2/c1-12(2)16-10-17(23-9-3-4-14(11-23)19(24)25)22-18(21-16)13-5-7-15(20)8-6-13/h5-8,10,12,14H,3-4,9,11H2,1-2H3,(H,24,25). The van der Waals surface area contributed by atoms with Crippen molar-refractivity contribution in [3.8, 4) is 11.4 Å². The molecule has 25 heavy (non-hydrogen) atoms. The number of hydrogen-bond donors (Lipinski definition) is 1. The maximum Gasteiger partial charge on any atom is 0.308 e. The number of aliphatic carboxylic acids is 1. The van der Waals surface area contributed by atoms with Crippen LogP contribution < -0.4 is 4.90 Å². The number of anilines is 1. The van der Waals surface area contributed by atoms with E-state index >= 15 is 0 Å². The van der Waals surface area contributed by atoms with Crippen LogP contribution in [-0.4, -0.2) is 34.1 Å². The van der Waals surface area contributed by atoms with Crippen molar-refractivity contribution < 1.29 is 14.3 Å². The maximum atomic E-state index is 13.2. The SMILES string of the molecule is CC(C)c1cc(N2CCCC(C(=O)O)C2)nc(-c2ccc(F)cc2)n1. The summed E-state index contributed by atoms with van der Waals surface area (Å²) >= 11 is 0. The summed E-state index contributed by atoms with van der Waals surface area (Å²) in [5.74, 6) is 0.0510. The van der Waals surface area contributed by atoms with Gasteiger partial charge in [0.15, 0.2) is 5.82 Å². The van der Waals surface area contributed by atoms with E-state index in [9.17, 15) is 14.3 Å². The summed E-state index contributed by atoms with van der Waals surface area (Å²) in [6, 6.07) is 8.04. The lowest BCUT2D eigenvalue weighted by atomic mass is 9.98. The van der Waals surface area contributed by atoms with Crippen molar-refractivity contribution in [2.24, 2.45) is 5.92 Å². The summed E-state index contributed by atoms with van der Waals surface area (Å²) in [5, 5.41) is 9.31. The lowest BCUT2D eigenvalue weighted by Gasteiger charge is -2.32. The highest BCUT2D eigenvalue weighted by Gasteiger charge is 2.27. The van der Waals surface area contributed by atoms with Crippen LogP contribution in [-0.2, 0) is 4.79 Å². The second-order valence-corrected chi connectivity index (χ2v) is 6.76. The summed E-state index contributed by atoms with van der Waals surface area (Å²) in [7, 11) is 0. The van der Waals surface area contributed by atoms with Crippen LogP contribution in [0.25, 0.3) is 11.4 Å². The molecule has 1 aliphatic heterocycles. The lowest BCUT2D eigenvalue weighted by Crippen LogP contribution is -2.39. The van der Waals surface area contributed by atoms with E-state index in [2.05, 4.69) is 23.8 Å². The van der Waals surface area contributed by atoms with E-state index in [1.165, 1.54) is 12.1 Å². The Labute approximate surface area is 146 Å². The first-order chi connectivity index (χ1) is 11.9. The Balaban J connectivity index is 1.98. The minimum Gasteiger partial charge on any atom is -0.481 e. The van der Waals surface area contributed by atoms with Crippen molar-refractivity contribution in [1.82, 2.24) is 9.97 Å². The third-order valence-corrected chi connectivity index (χ3v) is 4.52. The third-order valence-electron chi connectivity index (χ3n) is 4.52. The van der Waals surface area contributed by atoms with Crippen LogP contribution in [0.5, 0.6) is 0 Å². The van der Waals surface area contributed by atoms with Gasteiger partial charge in [0, 0.05) is 30.4 Å². The molecule has 132 valence electrons. The summed E-state index contributed by atoms with van der Waals surface area (Å²) in [6.45, 7) is 5.33. The van der Waals surface area contributed by atoms with Gasteiger partial charge in [-0.05, 0) is 43.0 Å². The third kappa shape index (κ3) is 3.95. The Bertz CT molecular complexity index is 762. The van der Waals surface area contributed by atoms with Gasteiger partial charge in [-0.25, -0.2) is 14.4 Å². The van der Waals surface area contributed by atoms with Crippen molar-refractivity contribution in [1.29, 1.82) is 0 Å². The van der Waals surface area contributed by atoms with Crippen molar-refractivity contribution in [2.75, 3.05) is 18.0 Å². The van der Waals surface area contributed by atoms with Gasteiger partial charge in [0.2, 0.25) is 0 Å². The lowest BCUT2D eigenvalue weighted by molar-refractivity contribution is -0.141. The van der Waals surface area contributed by atoms with Crippen LogP contribution in [0.3, 0.4) is 0 Å². The predicted molar refractivity (Wildman–Crippen MR) is 94.1 cm³/mol. The van der Waals surface area contributed by atoms with E-state index in [4.69, 9.17) is 0 Å². The number of nitrogens with zero attached hydrogens (tertiary/aromatic N) is 3. The monoisotopic (exact) mass is 343 g/mol. The summed E-state index contributed by atoms with van der Waals surface area (Å²) in [4.78, 5) is 22.6. The van der Waals surface area contributed by atoms with Crippen LogP contribution in [0.4, 0.5) is 10.2 Å². The van der Waals surface area contributed by atoms with E-state index in [1.807, 2.05) is 11.0 Å². The van der Waals surface area contributed by atoms with E-state index in [0.717, 1.165) is 30.0 Å². The average molecular weight is 343 g/mol. The molecule has 1 N–H and O–H groups in total. The van der Waals surface area contributed by atoms with Gasteiger partial charge in [-0.1, -0.05) is 13.8 Å². The Morgan fingerprint density at radius 2 is 2.00 bits per heavy atom. The fourth-order valence-corrected chi connectivity index (χ4v) is 3.03. The van der Waals surface area contributed by atoms with Gasteiger partial charge < -0.3 is 10.0 Å². The molecule has 0 amide bonds. The van der Waals surface area contributed by atoms with Gasteiger partial charge in [0.25, 0.3) is 0 Å². The van der Waals surface area contributed by atoms with Gasteiger partial charge in [0.1, 0.15) is 11.6 Å². The number of carboxylic acids is 1. The molecule has 0 bridgehead atoms. The Hall–Kier alpha value is -2.50. The maximum absolute atomic E-state index is 13.2. The first kappa shape index (κ1) is 17.3. The summed E-state index contributed by atoms with van der Waals surface area (Å²) < 4.78 is 13.2. The zero-order valence-corrected chi connectivity index (χ0v) is 14.4. The van der Waals surface area contributed by atoms with E-state index in [1.54, 1.807) is 12.1 Å². The normalized spacial score (nSPS) is 17.8. The molecule has 1 saturated heterocycles. The van der Waals surface area contributed by atoms with Crippen LogP contribution in [0.2, 0.25) is 0 Å². The highest BCUT2D eigenvalue weighted by Crippen LogP contribution is 2.27. The summed E-state index contributed by atoms with van der Waals surface area (Å²) in [5.41, 5.74) is 1.64. The minimum atomic E-state index is -0.762. The van der Waals surface area contributed by atoms with Crippen LogP contribution in [0, 0.1) is 11.7 Å². The molecule has 5 nitrogen and oxygen atoms in total. The fraction of sp³-hybridized carbons (Fsp3) is 0.421. The highest BCUT2D eigenvalue weighted by atomic mass is 19.1. The first-order valence-electron chi connectivity index (χ1n) is 8.56. The van der Waals surface area contributed by atoms with Crippen LogP contribution in [0.15, 0.2) is 30.3 Å². The second-order valence-electron chi connectivity index (χ2n) is 6.76. The fourth-order valence-electron chi connectivity index (χ4n) is 3.03. The number of rotatable bonds is 4. The van der Waals surface area contributed by atoms with E-state index < -0.39 is 5.97 Å². The van der Waals surface area contributed by atoms with E-state index in [-0.39, 0.29) is 17.7 Å². The number of halogens is 1. The molecule has 1 aromatic carbocycles. The molecule has 1 atom stereocenters. The molecule has 0 radical (unpaired) electrons. The van der Waals surface area contributed by atoms with Crippen molar-refractivity contribution in [2.45, 2.75) is 32.6 Å². The molecule has 6 heteroatoms. The quantitative estimate of drug-likeness (QED) is 0.917. The molecule has 1 aromatic heterocycles. The molecule has 0 aliphatic carbocycles. The number of benzene rings is 1. The molecule has 1 unspecified atom stereocenters. The van der Waals surface area contributed by atoms with Gasteiger partial charge in [-0.3, -0.25) is 4.79 Å². The van der Waals surface area contributed by atoms with Crippen LogP contribution >= 0.6 is 0 Å².